The van der Waals surface area contributed by atoms with Crippen molar-refractivity contribution in [2.45, 2.75) is 6.92 Å². The van der Waals surface area contributed by atoms with Gasteiger partial charge in [-0.3, -0.25) is 4.99 Å². The largest absolute Gasteiger partial charge is 0.493 e. The molecule has 1 fully saturated rings. The summed E-state index contributed by atoms with van der Waals surface area (Å²) in [6.45, 7) is 8.51. The highest BCUT2D eigenvalue weighted by Gasteiger charge is 2.15. The maximum atomic E-state index is 6.01. The summed E-state index contributed by atoms with van der Waals surface area (Å²) in [5, 5.41) is 3.10. The van der Waals surface area contributed by atoms with Crippen LogP contribution in [0.2, 0.25) is 0 Å². The number of ether oxygens (including phenoxy) is 2. The molecule has 8 heteroatoms. The predicted octanol–water partition coefficient (Wildman–Crippen LogP) is 1.93. The van der Waals surface area contributed by atoms with E-state index in [0.717, 1.165) is 38.4 Å². The van der Waals surface area contributed by atoms with E-state index in [1.54, 1.807) is 14.2 Å². The van der Waals surface area contributed by atoms with Crippen molar-refractivity contribution >= 4 is 35.6 Å². The number of piperazine rings is 1. The van der Waals surface area contributed by atoms with Gasteiger partial charge in [0, 0.05) is 51.0 Å². The molecule has 1 atom stereocenters. The molecule has 0 bridgehead atoms. The van der Waals surface area contributed by atoms with Crippen LogP contribution in [0.5, 0.6) is 11.5 Å². The Hall–Kier alpha value is -1.26. The highest BCUT2D eigenvalue weighted by molar-refractivity contribution is 14.0. The third-order valence-electron chi connectivity index (χ3n) is 4.40. The number of aliphatic imine (C=N–C) groups is 1. The molecule has 7 nitrogen and oxygen atoms in total. The molecule has 148 valence electrons. The fourth-order valence-electron chi connectivity index (χ4n) is 2.88. The van der Waals surface area contributed by atoms with Gasteiger partial charge in [0.25, 0.3) is 0 Å². The highest BCUT2D eigenvalue weighted by Crippen LogP contribution is 2.29. The number of methoxy groups -OCH3 is 2. The van der Waals surface area contributed by atoms with Crippen molar-refractivity contribution in [2.24, 2.45) is 16.6 Å². The summed E-state index contributed by atoms with van der Waals surface area (Å²) in [7, 11) is 5.40. The number of rotatable bonds is 7. The van der Waals surface area contributed by atoms with E-state index in [1.807, 2.05) is 18.2 Å². The second-order valence-corrected chi connectivity index (χ2v) is 6.63. The molecular formula is C18H32IN5O2. The van der Waals surface area contributed by atoms with E-state index in [2.05, 4.69) is 34.1 Å². The Labute approximate surface area is 173 Å². The number of nitrogens with one attached hydrogen (secondary N) is 1. The van der Waals surface area contributed by atoms with E-state index in [0.29, 0.717) is 29.9 Å². The first-order chi connectivity index (χ1) is 12.0. The maximum absolute atomic E-state index is 6.01. The lowest BCUT2D eigenvalue weighted by molar-refractivity contribution is 0.140. The van der Waals surface area contributed by atoms with Crippen molar-refractivity contribution in [1.29, 1.82) is 0 Å². The van der Waals surface area contributed by atoms with Gasteiger partial charge >= 0.3 is 0 Å². The van der Waals surface area contributed by atoms with E-state index < -0.39 is 0 Å². The topological polar surface area (TPSA) is 75.4 Å². The number of nitrogens with two attached hydrogens (primary N) is 1. The number of benzene rings is 1. The fraction of sp³-hybridized carbons (Fsp3) is 0.611. The normalized spacial score (nSPS) is 17.3. The zero-order chi connectivity index (χ0) is 18.2. The van der Waals surface area contributed by atoms with E-state index >= 15 is 0 Å². The van der Waals surface area contributed by atoms with E-state index in [4.69, 9.17) is 15.2 Å². The van der Waals surface area contributed by atoms with Crippen molar-refractivity contribution in [3.8, 4) is 11.5 Å². The van der Waals surface area contributed by atoms with E-state index in [9.17, 15) is 0 Å². The lowest BCUT2D eigenvalue weighted by atomic mass is 10.1. The van der Waals surface area contributed by atoms with Gasteiger partial charge in [0.15, 0.2) is 17.5 Å². The third kappa shape index (κ3) is 7.16. The third-order valence-corrected chi connectivity index (χ3v) is 4.40. The molecule has 26 heavy (non-hydrogen) atoms. The van der Waals surface area contributed by atoms with Crippen LogP contribution >= 0.6 is 24.0 Å². The molecule has 0 aromatic heterocycles. The zero-order valence-electron chi connectivity index (χ0n) is 16.2. The number of anilines is 1. The summed E-state index contributed by atoms with van der Waals surface area (Å²) in [4.78, 5) is 9.34. The maximum Gasteiger partial charge on any atom is 0.193 e. The number of hydrogen-bond donors (Lipinski definition) is 2. The molecule has 0 saturated carbocycles. The lowest BCUT2D eigenvalue weighted by Crippen LogP contribution is -2.46. The van der Waals surface area contributed by atoms with Gasteiger partial charge in [-0.25, -0.2) is 0 Å². The van der Waals surface area contributed by atoms with Crippen molar-refractivity contribution < 1.29 is 9.47 Å². The van der Waals surface area contributed by atoms with Crippen LogP contribution in [0.4, 0.5) is 5.69 Å². The molecule has 1 aliphatic heterocycles. The van der Waals surface area contributed by atoms with Crippen LogP contribution in [0.1, 0.15) is 6.92 Å². The Morgan fingerprint density at radius 2 is 1.85 bits per heavy atom. The average molecular weight is 477 g/mol. The molecule has 0 aliphatic carbocycles. The summed E-state index contributed by atoms with van der Waals surface area (Å²) < 4.78 is 10.5. The summed E-state index contributed by atoms with van der Waals surface area (Å²) in [5.41, 5.74) is 6.84. The molecular weight excluding hydrogens is 445 g/mol. The minimum Gasteiger partial charge on any atom is -0.493 e. The highest BCUT2D eigenvalue weighted by atomic mass is 127. The van der Waals surface area contributed by atoms with Gasteiger partial charge in [-0.1, -0.05) is 6.92 Å². The van der Waals surface area contributed by atoms with Crippen LogP contribution in [0.25, 0.3) is 0 Å². The van der Waals surface area contributed by atoms with Crippen molar-refractivity contribution in [3.05, 3.63) is 18.2 Å². The van der Waals surface area contributed by atoms with Crippen LogP contribution in [0.15, 0.2) is 23.2 Å². The number of hydrogen-bond acceptors (Lipinski definition) is 5. The van der Waals surface area contributed by atoms with Crippen LogP contribution in [0, 0.1) is 5.92 Å². The number of nitrogens with zero attached hydrogens (tertiary/aromatic N) is 3. The van der Waals surface area contributed by atoms with E-state index in [1.165, 1.54) is 0 Å². The van der Waals surface area contributed by atoms with Gasteiger partial charge in [-0.05, 0) is 25.1 Å². The number of likely N-dealkylation sites (N-methyl/N-ethyl adjacent to an activating group) is 1. The summed E-state index contributed by atoms with van der Waals surface area (Å²) in [5.74, 6) is 2.22. The Morgan fingerprint density at radius 3 is 2.46 bits per heavy atom. The molecule has 1 unspecified atom stereocenters. The molecule has 1 saturated heterocycles. The Morgan fingerprint density at radius 1 is 1.19 bits per heavy atom. The Bertz CT molecular complexity index is 577. The minimum absolute atomic E-state index is 0. The molecule has 3 N–H and O–H groups in total. The van der Waals surface area contributed by atoms with Crippen molar-refractivity contribution in [1.82, 2.24) is 9.80 Å². The second-order valence-electron chi connectivity index (χ2n) is 6.63. The fourth-order valence-corrected chi connectivity index (χ4v) is 2.88. The molecule has 1 aromatic carbocycles. The minimum atomic E-state index is 0. The zero-order valence-corrected chi connectivity index (χ0v) is 18.5. The summed E-state index contributed by atoms with van der Waals surface area (Å²) >= 11 is 0. The molecule has 0 amide bonds. The van der Waals surface area contributed by atoms with Gasteiger partial charge in [-0.15, -0.1) is 24.0 Å². The average Bonchev–Trinajstić information content (AvgIpc) is 2.62. The molecule has 1 aromatic rings. The SMILES string of the molecule is COc1ccc(NC(N)=NCC(C)CN2CCN(C)CC2)cc1OC.I. The Balaban J connectivity index is 0.00000338. The standard InChI is InChI=1S/C18H31N5O2.HI/c1-14(13-23-9-7-22(2)8-10-23)12-20-18(19)21-15-5-6-16(24-3)17(11-15)25-4;/h5-6,11,14H,7-10,12-13H2,1-4H3,(H3,19,20,21);1H. The van der Waals surface area contributed by atoms with Gasteiger partial charge < -0.3 is 30.3 Å². The van der Waals surface area contributed by atoms with Crippen molar-refractivity contribution in [3.63, 3.8) is 0 Å². The summed E-state index contributed by atoms with van der Waals surface area (Å²) in [6.07, 6.45) is 0. The molecule has 1 heterocycles. The van der Waals surface area contributed by atoms with Crippen LogP contribution < -0.4 is 20.5 Å². The lowest BCUT2D eigenvalue weighted by Gasteiger charge is -2.33. The van der Waals surface area contributed by atoms with Gasteiger partial charge in [-0.2, -0.15) is 0 Å². The van der Waals surface area contributed by atoms with Gasteiger partial charge in [0.1, 0.15) is 0 Å². The summed E-state index contributed by atoms with van der Waals surface area (Å²) in [6, 6.07) is 5.57. The molecule has 2 rings (SSSR count). The van der Waals surface area contributed by atoms with Crippen LogP contribution in [0.3, 0.4) is 0 Å². The van der Waals surface area contributed by atoms with Gasteiger partial charge in [0.2, 0.25) is 0 Å². The Kier molecular flexibility index (Phi) is 10.0. The van der Waals surface area contributed by atoms with Crippen LogP contribution in [-0.2, 0) is 0 Å². The monoisotopic (exact) mass is 477 g/mol. The van der Waals surface area contributed by atoms with E-state index in [-0.39, 0.29) is 24.0 Å². The molecule has 1 aliphatic rings. The number of halogens is 1. The second kappa shape index (κ2) is 11.5. The van der Waals surface area contributed by atoms with Crippen LogP contribution in [-0.4, -0.2) is 76.3 Å². The first-order valence-electron chi connectivity index (χ1n) is 8.71. The smallest absolute Gasteiger partial charge is 0.193 e. The number of guanidine groups is 1. The van der Waals surface area contributed by atoms with Gasteiger partial charge in [0.05, 0.1) is 14.2 Å². The van der Waals surface area contributed by atoms with Crippen molar-refractivity contribution in [2.75, 3.05) is 65.9 Å². The predicted molar refractivity (Wildman–Crippen MR) is 118 cm³/mol. The first kappa shape index (κ1) is 22.8. The quantitative estimate of drug-likeness (QED) is 0.355. The molecule has 0 radical (unpaired) electrons. The molecule has 0 spiro atoms. The first-order valence-corrected chi connectivity index (χ1v) is 8.71.